The van der Waals surface area contributed by atoms with Gasteiger partial charge in [-0.05, 0) is 44.4 Å². The largest absolute Gasteiger partial charge is 0.486 e. The van der Waals surface area contributed by atoms with Crippen LogP contribution in [0.5, 0.6) is 11.5 Å². The summed E-state index contributed by atoms with van der Waals surface area (Å²) in [6.07, 6.45) is 1.13. The van der Waals surface area contributed by atoms with Gasteiger partial charge in [-0.25, -0.2) is 8.42 Å². The van der Waals surface area contributed by atoms with Gasteiger partial charge in [-0.2, -0.15) is 0 Å². The van der Waals surface area contributed by atoms with Crippen molar-refractivity contribution in [2.75, 3.05) is 29.8 Å². The summed E-state index contributed by atoms with van der Waals surface area (Å²) in [7, 11) is -3.83. The normalized spacial score (nSPS) is 14.4. The minimum Gasteiger partial charge on any atom is -0.486 e. The molecule has 0 fully saturated rings. The van der Waals surface area contributed by atoms with Gasteiger partial charge in [0.15, 0.2) is 11.5 Å². The average Bonchev–Trinajstić information content (AvgIpc) is 2.91. The highest BCUT2D eigenvalue weighted by atomic mass is 32.2. The lowest BCUT2D eigenvalue weighted by Crippen LogP contribution is -2.53. The zero-order valence-corrected chi connectivity index (χ0v) is 22.8. The van der Waals surface area contributed by atoms with Crippen molar-refractivity contribution in [3.8, 4) is 11.5 Å². The summed E-state index contributed by atoms with van der Waals surface area (Å²) in [5, 5.41) is 2.97. The van der Waals surface area contributed by atoms with E-state index in [1.807, 2.05) is 51.1 Å². The maximum atomic E-state index is 13.8. The smallest absolute Gasteiger partial charge is 0.244 e. The Labute approximate surface area is 219 Å². The van der Waals surface area contributed by atoms with E-state index in [1.54, 1.807) is 18.2 Å². The van der Waals surface area contributed by atoms with Crippen LogP contribution in [0.25, 0.3) is 0 Å². The zero-order chi connectivity index (χ0) is 27.0. The summed E-state index contributed by atoms with van der Waals surface area (Å²) in [4.78, 5) is 28.5. The Kier molecular flexibility index (Phi) is 9.79. The molecule has 9 nitrogen and oxygen atoms in total. The summed E-state index contributed by atoms with van der Waals surface area (Å²) < 4.78 is 38.6. The Balaban J connectivity index is 1.96. The molecule has 37 heavy (non-hydrogen) atoms. The maximum Gasteiger partial charge on any atom is 0.244 e. The second kappa shape index (κ2) is 12.8. The molecule has 2 aromatic carbocycles. The van der Waals surface area contributed by atoms with Crippen LogP contribution in [0.3, 0.4) is 0 Å². The van der Waals surface area contributed by atoms with Crippen LogP contribution >= 0.6 is 0 Å². The number of hydrogen-bond acceptors (Lipinski definition) is 6. The lowest BCUT2D eigenvalue weighted by Gasteiger charge is -2.33. The van der Waals surface area contributed by atoms with E-state index in [1.165, 1.54) is 11.8 Å². The van der Waals surface area contributed by atoms with Gasteiger partial charge < -0.3 is 19.7 Å². The molecule has 0 spiro atoms. The fraction of sp³-hybridized carbons (Fsp3) is 0.481. The van der Waals surface area contributed by atoms with Crippen LogP contribution in [0.15, 0.2) is 48.5 Å². The highest BCUT2D eigenvalue weighted by Gasteiger charge is 2.33. The first-order valence-electron chi connectivity index (χ1n) is 12.7. The molecule has 1 aliphatic heterocycles. The Bertz CT molecular complexity index is 1170. The number of rotatable bonds is 12. The molecular weight excluding hydrogens is 494 g/mol. The number of amides is 2. The molecule has 0 aromatic heterocycles. The molecule has 0 saturated carbocycles. The number of sulfonamides is 1. The quantitative estimate of drug-likeness (QED) is 0.451. The van der Waals surface area contributed by atoms with Crippen LogP contribution in [0, 0.1) is 0 Å². The summed E-state index contributed by atoms with van der Waals surface area (Å²) >= 11 is 0. The standard InChI is InChI=1S/C27H37N3O6S/c1-5-20(4)28-27(32)23(6-2)29(18-21-11-9-8-10-12-21)26(31)19-30(37(33,34)7-3)22-13-14-24-25(17-22)36-16-15-35-24/h8-14,17,20,23H,5-7,15-16,18-19H2,1-4H3,(H,28,32)/t20-,23-/m0/s1. The first-order chi connectivity index (χ1) is 17.7. The number of carbonyl (C=O) groups is 2. The van der Waals surface area contributed by atoms with Crippen LogP contribution in [0.2, 0.25) is 0 Å². The van der Waals surface area contributed by atoms with Crippen LogP contribution in [0.4, 0.5) is 5.69 Å². The third-order valence-electron chi connectivity index (χ3n) is 6.38. The molecule has 0 aliphatic carbocycles. The van der Waals surface area contributed by atoms with Crippen molar-refractivity contribution >= 4 is 27.5 Å². The molecule has 1 N–H and O–H groups in total. The summed E-state index contributed by atoms with van der Waals surface area (Å²) in [6.45, 7) is 7.74. The Morgan fingerprint density at radius 2 is 1.65 bits per heavy atom. The number of ether oxygens (including phenoxy) is 2. The van der Waals surface area contributed by atoms with Crippen LogP contribution in [-0.4, -0.2) is 62.7 Å². The number of fused-ring (bicyclic) bond motifs is 1. The highest BCUT2D eigenvalue weighted by Crippen LogP contribution is 2.35. The van der Waals surface area contributed by atoms with Gasteiger partial charge in [-0.3, -0.25) is 13.9 Å². The van der Waals surface area contributed by atoms with Crippen molar-refractivity contribution in [3.05, 3.63) is 54.1 Å². The average molecular weight is 532 g/mol. The Morgan fingerprint density at radius 3 is 2.27 bits per heavy atom. The van der Waals surface area contributed by atoms with Crippen LogP contribution < -0.4 is 19.1 Å². The van der Waals surface area contributed by atoms with E-state index in [0.29, 0.717) is 36.8 Å². The molecule has 10 heteroatoms. The van der Waals surface area contributed by atoms with Gasteiger partial charge in [0.25, 0.3) is 0 Å². The fourth-order valence-corrected chi connectivity index (χ4v) is 5.10. The van der Waals surface area contributed by atoms with Gasteiger partial charge in [0.1, 0.15) is 25.8 Å². The first-order valence-corrected chi connectivity index (χ1v) is 14.3. The summed E-state index contributed by atoms with van der Waals surface area (Å²) in [6, 6.07) is 13.4. The Hall–Kier alpha value is -3.27. The van der Waals surface area contributed by atoms with Gasteiger partial charge >= 0.3 is 0 Å². The van der Waals surface area contributed by atoms with Gasteiger partial charge in [-0.1, -0.05) is 44.2 Å². The molecular formula is C27H37N3O6S. The minimum absolute atomic E-state index is 0.0510. The van der Waals surface area contributed by atoms with E-state index in [9.17, 15) is 18.0 Å². The summed E-state index contributed by atoms with van der Waals surface area (Å²) in [5.74, 6) is 0.0213. The monoisotopic (exact) mass is 531 g/mol. The van der Waals surface area contributed by atoms with E-state index in [4.69, 9.17) is 9.47 Å². The van der Waals surface area contributed by atoms with Crippen molar-refractivity contribution in [2.24, 2.45) is 0 Å². The lowest BCUT2D eigenvalue weighted by molar-refractivity contribution is -0.140. The molecule has 0 unspecified atom stereocenters. The third kappa shape index (κ3) is 7.15. The van der Waals surface area contributed by atoms with Gasteiger partial charge in [0.05, 0.1) is 11.4 Å². The second-order valence-electron chi connectivity index (χ2n) is 8.98. The molecule has 202 valence electrons. The molecule has 2 aromatic rings. The number of nitrogens with one attached hydrogen (secondary N) is 1. The van der Waals surface area contributed by atoms with E-state index < -0.39 is 28.5 Å². The number of anilines is 1. The molecule has 3 rings (SSSR count). The number of nitrogens with zero attached hydrogens (tertiary/aromatic N) is 2. The van der Waals surface area contributed by atoms with Crippen molar-refractivity contribution in [3.63, 3.8) is 0 Å². The lowest BCUT2D eigenvalue weighted by atomic mass is 10.1. The number of carbonyl (C=O) groups excluding carboxylic acids is 2. The van der Waals surface area contributed by atoms with Crippen molar-refractivity contribution in [2.45, 2.75) is 59.2 Å². The van der Waals surface area contributed by atoms with Crippen LogP contribution in [-0.2, 0) is 26.2 Å². The van der Waals surface area contributed by atoms with Crippen molar-refractivity contribution < 1.29 is 27.5 Å². The highest BCUT2D eigenvalue weighted by molar-refractivity contribution is 7.92. The first kappa shape index (κ1) is 28.3. The number of benzene rings is 2. The molecule has 0 radical (unpaired) electrons. The Morgan fingerprint density at radius 1 is 0.973 bits per heavy atom. The van der Waals surface area contributed by atoms with Gasteiger partial charge in [-0.15, -0.1) is 0 Å². The maximum absolute atomic E-state index is 13.8. The molecule has 2 amide bonds. The SMILES string of the molecule is CC[C@H](C)NC(=O)[C@H](CC)N(Cc1ccccc1)C(=O)CN(c1ccc2c(c1)OCCO2)S(=O)(=O)CC. The van der Waals surface area contributed by atoms with Crippen LogP contribution in [0.1, 0.15) is 46.1 Å². The summed E-state index contributed by atoms with van der Waals surface area (Å²) in [5.41, 5.74) is 1.14. The molecule has 0 bridgehead atoms. The molecule has 1 aliphatic rings. The van der Waals surface area contributed by atoms with E-state index >= 15 is 0 Å². The minimum atomic E-state index is -3.83. The number of hydrogen-bond donors (Lipinski definition) is 1. The predicted molar refractivity (Wildman–Crippen MR) is 143 cm³/mol. The molecule has 1 heterocycles. The third-order valence-corrected chi connectivity index (χ3v) is 8.12. The molecule has 2 atom stereocenters. The van der Waals surface area contributed by atoms with Crippen molar-refractivity contribution in [1.29, 1.82) is 0 Å². The second-order valence-corrected chi connectivity index (χ2v) is 11.2. The van der Waals surface area contributed by atoms with Crippen molar-refractivity contribution in [1.82, 2.24) is 10.2 Å². The molecule has 0 saturated heterocycles. The zero-order valence-electron chi connectivity index (χ0n) is 22.0. The topological polar surface area (TPSA) is 105 Å². The fourth-order valence-electron chi connectivity index (χ4n) is 4.05. The van der Waals surface area contributed by atoms with E-state index in [2.05, 4.69) is 5.32 Å². The van der Waals surface area contributed by atoms with Gasteiger partial charge in [0.2, 0.25) is 21.8 Å². The van der Waals surface area contributed by atoms with Gasteiger partial charge in [0, 0.05) is 18.7 Å². The van der Waals surface area contributed by atoms with E-state index in [0.717, 1.165) is 16.3 Å². The predicted octanol–water partition coefficient (Wildman–Crippen LogP) is 3.34. The van der Waals surface area contributed by atoms with E-state index in [-0.39, 0.29) is 24.2 Å².